The molecule has 1 aromatic heterocycles. The third kappa shape index (κ3) is 8.91. The maximum Gasteiger partial charge on any atom is 0.242 e. The van der Waals surface area contributed by atoms with Gasteiger partial charge in [-0.15, -0.1) is 0 Å². The number of nitrogens with one attached hydrogen (secondary N) is 1. The van der Waals surface area contributed by atoms with Crippen molar-refractivity contribution in [3.8, 4) is 5.75 Å². The van der Waals surface area contributed by atoms with Crippen molar-refractivity contribution in [2.24, 2.45) is 5.41 Å². The normalized spacial score (nSPS) is 11.5. The summed E-state index contributed by atoms with van der Waals surface area (Å²) < 4.78 is 10.8. The minimum Gasteiger partial charge on any atom is -0.494 e. The Morgan fingerprint density at radius 3 is 2.37 bits per heavy atom. The van der Waals surface area contributed by atoms with Gasteiger partial charge in [-0.2, -0.15) is 0 Å². The van der Waals surface area contributed by atoms with Crippen molar-refractivity contribution in [2.45, 2.75) is 53.5 Å². The predicted octanol–water partition coefficient (Wildman–Crippen LogP) is 5.44. The Hall–Kier alpha value is -3.32. The lowest BCUT2D eigenvalue weighted by Crippen LogP contribution is -2.44. The number of aromatic nitrogens is 1. The van der Waals surface area contributed by atoms with Crippen LogP contribution in [0.15, 0.2) is 54.7 Å². The van der Waals surface area contributed by atoms with Gasteiger partial charge in [0.05, 0.1) is 13.2 Å². The molecule has 0 saturated carbocycles. The van der Waals surface area contributed by atoms with Crippen molar-refractivity contribution in [3.05, 3.63) is 65.9 Å². The Bertz CT molecular complexity index is 1160. The van der Waals surface area contributed by atoms with Crippen LogP contribution in [0.2, 0.25) is 0 Å². The van der Waals surface area contributed by atoms with Crippen molar-refractivity contribution in [1.82, 2.24) is 14.8 Å². The van der Waals surface area contributed by atoms with Gasteiger partial charge >= 0.3 is 0 Å². The fourth-order valence-electron chi connectivity index (χ4n) is 4.48. The van der Waals surface area contributed by atoms with Crippen LogP contribution in [0.5, 0.6) is 5.75 Å². The highest BCUT2D eigenvalue weighted by atomic mass is 16.5. The molecule has 3 rings (SSSR count). The number of hydrogen-bond donors (Lipinski definition) is 1. The molecule has 0 atom stereocenters. The number of fused-ring (bicyclic) bond motifs is 1. The highest BCUT2D eigenvalue weighted by Gasteiger charge is 2.25. The number of amides is 2. The number of methoxy groups -OCH3 is 1. The number of carbonyl (C=O) groups is 2. The molecule has 0 fully saturated rings. The van der Waals surface area contributed by atoms with Crippen LogP contribution in [0.3, 0.4) is 0 Å². The smallest absolute Gasteiger partial charge is 0.242 e. The molecule has 0 saturated heterocycles. The molecule has 7 nitrogen and oxygen atoms in total. The van der Waals surface area contributed by atoms with Crippen molar-refractivity contribution < 1.29 is 19.1 Å². The molecule has 0 radical (unpaired) electrons. The number of para-hydroxylation sites is 1. The second-order valence-corrected chi connectivity index (χ2v) is 10.9. The highest BCUT2D eigenvalue weighted by molar-refractivity contribution is 5.85. The summed E-state index contributed by atoms with van der Waals surface area (Å²) in [5, 5.41) is 1.17. The highest BCUT2D eigenvalue weighted by Crippen LogP contribution is 2.22. The molecule has 0 bridgehead atoms. The fourth-order valence-corrected chi connectivity index (χ4v) is 4.48. The lowest BCUT2D eigenvalue weighted by atomic mass is 9.91. The molecule has 0 aliphatic heterocycles. The van der Waals surface area contributed by atoms with Crippen LogP contribution >= 0.6 is 0 Å². The van der Waals surface area contributed by atoms with Crippen molar-refractivity contribution in [2.75, 3.05) is 40.0 Å². The van der Waals surface area contributed by atoms with Gasteiger partial charge in [0.25, 0.3) is 0 Å². The number of rotatable bonds is 14. The third-order valence-electron chi connectivity index (χ3n) is 6.42. The Morgan fingerprint density at radius 1 is 0.947 bits per heavy atom. The lowest BCUT2D eigenvalue weighted by molar-refractivity contribution is -0.142. The Kier molecular flexibility index (Phi) is 10.8. The molecular formula is C31H43N3O4. The fraction of sp³-hybridized carbons (Fsp3) is 0.484. The number of benzene rings is 2. The van der Waals surface area contributed by atoms with Crippen LogP contribution in [0.25, 0.3) is 10.9 Å². The molecule has 2 aromatic carbocycles. The van der Waals surface area contributed by atoms with E-state index in [1.807, 2.05) is 75.2 Å². The zero-order chi connectivity index (χ0) is 27.5. The molecular weight excluding hydrogens is 478 g/mol. The molecule has 1 heterocycles. The van der Waals surface area contributed by atoms with E-state index in [-0.39, 0.29) is 23.8 Å². The van der Waals surface area contributed by atoms with Crippen LogP contribution in [0.4, 0.5) is 0 Å². The van der Waals surface area contributed by atoms with Crippen LogP contribution in [-0.2, 0) is 27.3 Å². The molecule has 38 heavy (non-hydrogen) atoms. The van der Waals surface area contributed by atoms with Crippen LogP contribution in [-0.4, -0.2) is 66.6 Å². The van der Waals surface area contributed by atoms with Crippen LogP contribution < -0.4 is 4.74 Å². The number of aromatic amines is 1. The van der Waals surface area contributed by atoms with E-state index < -0.39 is 0 Å². The first-order valence-electron chi connectivity index (χ1n) is 13.5. The zero-order valence-corrected chi connectivity index (χ0v) is 23.6. The van der Waals surface area contributed by atoms with E-state index in [0.717, 1.165) is 16.8 Å². The van der Waals surface area contributed by atoms with E-state index in [1.54, 1.807) is 12.0 Å². The minimum absolute atomic E-state index is 0.000371. The number of carbonyl (C=O) groups excluding carboxylic acids is 2. The topological polar surface area (TPSA) is 74.9 Å². The second kappa shape index (κ2) is 14.0. The number of H-pyrrole nitrogens is 1. The van der Waals surface area contributed by atoms with E-state index in [9.17, 15) is 9.59 Å². The van der Waals surface area contributed by atoms with Crippen molar-refractivity contribution in [3.63, 3.8) is 0 Å². The quantitative estimate of drug-likeness (QED) is 0.287. The van der Waals surface area contributed by atoms with E-state index in [4.69, 9.17) is 9.47 Å². The van der Waals surface area contributed by atoms with Crippen LogP contribution in [0, 0.1) is 5.41 Å². The van der Waals surface area contributed by atoms with E-state index >= 15 is 0 Å². The average Bonchev–Trinajstić information content (AvgIpc) is 3.29. The first-order chi connectivity index (χ1) is 18.2. The maximum atomic E-state index is 13.7. The summed E-state index contributed by atoms with van der Waals surface area (Å²) in [5.41, 5.74) is 3.12. The second-order valence-electron chi connectivity index (χ2n) is 10.9. The number of ether oxygens (including phenoxy) is 2. The molecule has 0 aliphatic carbocycles. The molecule has 0 aliphatic rings. The largest absolute Gasteiger partial charge is 0.494 e. The van der Waals surface area contributed by atoms with Crippen molar-refractivity contribution >= 4 is 22.7 Å². The number of nitrogens with zero attached hydrogens (tertiary/aromatic N) is 2. The van der Waals surface area contributed by atoms with Gasteiger partial charge in [0.1, 0.15) is 5.75 Å². The summed E-state index contributed by atoms with van der Waals surface area (Å²) in [6.07, 6.45) is 3.82. The molecule has 2 amide bonds. The van der Waals surface area contributed by atoms with Gasteiger partial charge in [0.15, 0.2) is 0 Å². The molecule has 3 aromatic rings. The monoisotopic (exact) mass is 521 g/mol. The lowest BCUT2D eigenvalue weighted by Gasteiger charge is -2.30. The van der Waals surface area contributed by atoms with Gasteiger partial charge in [-0.3, -0.25) is 9.59 Å². The first kappa shape index (κ1) is 29.2. The van der Waals surface area contributed by atoms with E-state index in [2.05, 4.69) is 17.1 Å². The Morgan fingerprint density at radius 2 is 1.68 bits per heavy atom. The first-order valence-corrected chi connectivity index (χ1v) is 13.5. The van der Waals surface area contributed by atoms with Gasteiger partial charge in [0, 0.05) is 56.9 Å². The summed E-state index contributed by atoms with van der Waals surface area (Å²) >= 11 is 0. The minimum atomic E-state index is -0.156. The Balaban J connectivity index is 1.78. The van der Waals surface area contributed by atoms with Gasteiger partial charge in [0.2, 0.25) is 11.8 Å². The number of hydrogen-bond acceptors (Lipinski definition) is 4. The summed E-state index contributed by atoms with van der Waals surface area (Å²) in [4.78, 5) is 33.8. The third-order valence-corrected chi connectivity index (χ3v) is 6.42. The molecule has 206 valence electrons. The van der Waals surface area contributed by atoms with Crippen molar-refractivity contribution in [1.29, 1.82) is 0 Å². The van der Waals surface area contributed by atoms with E-state index in [1.165, 1.54) is 10.9 Å². The zero-order valence-electron chi connectivity index (χ0n) is 23.6. The van der Waals surface area contributed by atoms with Crippen LogP contribution in [0.1, 0.15) is 51.7 Å². The van der Waals surface area contributed by atoms with E-state index in [0.29, 0.717) is 52.1 Å². The SMILES string of the molecule is CCOc1ccc(CN(CCc2c[nH]c3ccccc23)C(=O)CN(CCCOC)C(=O)CC(C)(C)C)cc1. The Labute approximate surface area is 227 Å². The molecule has 0 spiro atoms. The molecule has 7 heteroatoms. The van der Waals surface area contributed by atoms with Gasteiger partial charge < -0.3 is 24.3 Å². The summed E-state index contributed by atoms with van der Waals surface area (Å²) in [6, 6.07) is 16.1. The predicted molar refractivity (Wildman–Crippen MR) is 152 cm³/mol. The molecule has 1 N–H and O–H groups in total. The van der Waals surface area contributed by atoms with Gasteiger partial charge in [-0.1, -0.05) is 51.1 Å². The van der Waals surface area contributed by atoms with Gasteiger partial charge in [-0.25, -0.2) is 0 Å². The average molecular weight is 522 g/mol. The summed E-state index contributed by atoms with van der Waals surface area (Å²) in [6.45, 7) is 10.8. The molecule has 0 unspecified atom stereocenters. The standard InChI is InChI=1S/C31H43N3O4/c1-6-38-26-14-12-24(13-15-26)22-34(18-16-25-21-32-28-11-8-7-10-27(25)28)30(36)23-33(17-9-19-37-5)29(35)20-31(2,3)4/h7-8,10-15,21,32H,6,9,16-20,22-23H2,1-5H3. The van der Waals surface area contributed by atoms with Gasteiger partial charge in [-0.05, 0) is 54.5 Å². The maximum absolute atomic E-state index is 13.7. The summed E-state index contributed by atoms with van der Waals surface area (Å²) in [5.74, 6) is 0.753. The summed E-state index contributed by atoms with van der Waals surface area (Å²) in [7, 11) is 1.65.